The Morgan fingerprint density at radius 2 is 1.94 bits per heavy atom. The van der Waals surface area contributed by atoms with Crippen LogP contribution >= 0.6 is 11.6 Å². The van der Waals surface area contributed by atoms with E-state index in [9.17, 15) is 18.0 Å². The number of halogens is 4. The molecule has 1 aromatic rings. The summed E-state index contributed by atoms with van der Waals surface area (Å²) in [5.41, 5.74) is 0.274. The van der Waals surface area contributed by atoms with Gasteiger partial charge < -0.3 is 4.74 Å². The molecule has 0 fully saturated rings. The molecule has 1 aromatic carbocycles. The highest BCUT2D eigenvalue weighted by atomic mass is 35.5. The molecule has 0 spiro atoms. The van der Waals surface area contributed by atoms with Gasteiger partial charge in [-0.15, -0.1) is 5.10 Å². The van der Waals surface area contributed by atoms with E-state index in [0.717, 1.165) is 5.01 Å². The monoisotopic (exact) mass is 278 g/mol. The zero-order valence-electron chi connectivity index (χ0n) is 8.69. The van der Waals surface area contributed by atoms with E-state index in [1.807, 2.05) is 0 Å². The van der Waals surface area contributed by atoms with Crippen LogP contribution in [0.4, 0.5) is 18.9 Å². The molecule has 0 saturated carbocycles. The molecule has 2 rings (SSSR count). The lowest BCUT2D eigenvalue weighted by molar-refractivity contribution is -0.115. The van der Waals surface area contributed by atoms with Gasteiger partial charge in [0.25, 0.3) is 0 Å². The average Bonchev–Trinajstić information content (AvgIpc) is 2.73. The van der Waals surface area contributed by atoms with Gasteiger partial charge in [0.15, 0.2) is 6.29 Å². The van der Waals surface area contributed by atoms with Crippen LogP contribution < -0.4 is 5.01 Å². The molecule has 1 aliphatic rings. The highest BCUT2D eigenvalue weighted by Gasteiger charge is 2.45. The first-order valence-electron chi connectivity index (χ1n) is 4.74. The predicted octanol–water partition coefficient (Wildman–Crippen LogP) is 2.58. The van der Waals surface area contributed by atoms with Crippen LogP contribution in [-0.4, -0.2) is 24.6 Å². The number of hydrazone groups is 1. The maximum absolute atomic E-state index is 12.4. The lowest BCUT2D eigenvalue weighted by Gasteiger charge is -2.16. The van der Waals surface area contributed by atoms with Crippen LogP contribution in [0.25, 0.3) is 0 Å². The third kappa shape index (κ3) is 2.40. The molecule has 0 radical (unpaired) electrons. The van der Waals surface area contributed by atoms with Crippen molar-refractivity contribution < 1.29 is 22.7 Å². The zero-order valence-corrected chi connectivity index (χ0v) is 9.44. The van der Waals surface area contributed by atoms with Gasteiger partial charge in [0.2, 0.25) is 6.23 Å². The van der Waals surface area contributed by atoms with Crippen LogP contribution in [0.5, 0.6) is 0 Å². The molecule has 0 saturated heterocycles. The van der Waals surface area contributed by atoms with Gasteiger partial charge in [-0.05, 0) is 24.3 Å². The molecule has 18 heavy (non-hydrogen) atoms. The summed E-state index contributed by atoms with van der Waals surface area (Å²) in [5.74, 6) is -1.45. The van der Waals surface area contributed by atoms with E-state index in [1.165, 1.54) is 24.3 Å². The lowest BCUT2D eigenvalue weighted by Crippen LogP contribution is -2.30. The molecule has 4 nitrogen and oxygen atoms in total. The molecular weight excluding hydrogens is 273 g/mol. The fourth-order valence-electron chi connectivity index (χ4n) is 1.35. The van der Waals surface area contributed by atoms with Gasteiger partial charge in [-0.25, -0.2) is 5.01 Å². The van der Waals surface area contributed by atoms with Gasteiger partial charge in [0.1, 0.15) is 0 Å². The highest BCUT2D eigenvalue weighted by Crippen LogP contribution is 2.29. The van der Waals surface area contributed by atoms with Crippen LogP contribution in [0.1, 0.15) is 0 Å². The van der Waals surface area contributed by atoms with E-state index in [1.54, 1.807) is 0 Å². The average molecular weight is 279 g/mol. The fourth-order valence-corrected chi connectivity index (χ4v) is 1.48. The lowest BCUT2D eigenvalue weighted by atomic mass is 10.3. The van der Waals surface area contributed by atoms with E-state index in [2.05, 4.69) is 9.84 Å². The van der Waals surface area contributed by atoms with E-state index in [-0.39, 0.29) is 12.0 Å². The van der Waals surface area contributed by atoms with E-state index in [4.69, 9.17) is 11.6 Å². The van der Waals surface area contributed by atoms with Crippen molar-refractivity contribution in [3.05, 3.63) is 29.3 Å². The number of hydrogen-bond donors (Lipinski definition) is 0. The van der Waals surface area contributed by atoms with Crippen molar-refractivity contribution in [2.75, 3.05) is 5.01 Å². The van der Waals surface area contributed by atoms with Crippen LogP contribution in [0, 0.1) is 0 Å². The number of nitrogens with zero attached hydrogens (tertiary/aromatic N) is 2. The minimum atomic E-state index is -4.73. The number of carbonyl (C=O) groups excluding carboxylic acids is 1. The summed E-state index contributed by atoms with van der Waals surface area (Å²) >= 11 is 5.65. The summed E-state index contributed by atoms with van der Waals surface area (Å²) < 4.78 is 41.6. The molecule has 0 aromatic heterocycles. The van der Waals surface area contributed by atoms with E-state index < -0.39 is 18.3 Å². The normalized spacial score (nSPS) is 19.4. The first-order chi connectivity index (χ1) is 8.41. The quantitative estimate of drug-likeness (QED) is 0.781. The highest BCUT2D eigenvalue weighted by molar-refractivity contribution is 6.30. The number of benzene rings is 1. The Labute approximate surface area is 105 Å². The van der Waals surface area contributed by atoms with E-state index in [0.29, 0.717) is 5.02 Å². The van der Waals surface area contributed by atoms with Gasteiger partial charge in [-0.3, -0.25) is 4.79 Å². The van der Waals surface area contributed by atoms with Gasteiger partial charge in [-0.2, -0.15) is 13.2 Å². The molecule has 0 amide bonds. The maximum atomic E-state index is 12.4. The van der Waals surface area contributed by atoms with Crippen molar-refractivity contribution in [2.24, 2.45) is 5.10 Å². The Kier molecular flexibility index (Phi) is 3.16. The Bertz CT molecular complexity index is 487. The van der Waals surface area contributed by atoms with Crippen molar-refractivity contribution in [3.8, 4) is 0 Å². The van der Waals surface area contributed by atoms with Crippen molar-refractivity contribution in [2.45, 2.75) is 12.4 Å². The third-order valence-electron chi connectivity index (χ3n) is 2.12. The van der Waals surface area contributed by atoms with Gasteiger partial charge in [-0.1, -0.05) is 11.6 Å². The number of aldehydes is 1. The SMILES string of the molecule is O=CC1OC(C(F)(F)F)=NN1c1ccc(Cl)cc1. The summed E-state index contributed by atoms with van der Waals surface area (Å²) in [7, 11) is 0. The minimum Gasteiger partial charge on any atom is -0.440 e. The van der Waals surface area contributed by atoms with Crippen molar-refractivity contribution >= 4 is 29.5 Å². The Hall–Kier alpha value is -1.76. The van der Waals surface area contributed by atoms with Gasteiger partial charge in [0.05, 0.1) is 5.69 Å². The molecule has 0 N–H and O–H groups in total. The Morgan fingerprint density at radius 1 is 1.33 bits per heavy atom. The standard InChI is InChI=1S/C10H6ClF3N2O2/c11-6-1-3-7(4-2-6)16-8(5-17)18-9(15-16)10(12,13)14/h1-5,8H. The first-order valence-corrected chi connectivity index (χ1v) is 5.12. The maximum Gasteiger partial charge on any atom is 0.470 e. The predicted molar refractivity (Wildman–Crippen MR) is 58.4 cm³/mol. The van der Waals surface area contributed by atoms with Gasteiger partial charge in [0, 0.05) is 5.02 Å². The first kappa shape index (κ1) is 12.7. The van der Waals surface area contributed by atoms with Crippen molar-refractivity contribution in [1.29, 1.82) is 0 Å². The molecule has 1 unspecified atom stereocenters. The smallest absolute Gasteiger partial charge is 0.440 e. The van der Waals surface area contributed by atoms with Crippen molar-refractivity contribution in [3.63, 3.8) is 0 Å². The number of ether oxygens (including phenoxy) is 1. The Morgan fingerprint density at radius 3 is 2.44 bits per heavy atom. The largest absolute Gasteiger partial charge is 0.470 e. The zero-order chi connectivity index (χ0) is 13.3. The van der Waals surface area contributed by atoms with E-state index >= 15 is 0 Å². The number of hydrogen-bond acceptors (Lipinski definition) is 4. The molecule has 1 atom stereocenters. The molecule has 8 heteroatoms. The van der Waals surface area contributed by atoms with Gasteiger partial charge >= 0.3 is 12.1 Å². The van der Waals surface area contributed by atoms with Crippen LogP contribution in [-0.2, 0) is 9.53 Å². The second-order valence-electron chi connectivity index (χ2n) is 3.37. The number of alkyl halides is 3. The second kappa shape index (κ2) is 4.49. The van der Waals surface area contributed by atoms with Crippen molar-refractivity contribution in [1.82, 2.24) is 0 Å². The summed E-state index contributed by atoms with van der Waals surface area (Å²) in [4.78, 5) is 10.7. The Balaban J connectivity index is 2.33. The molecule has 0 bridgehead atoms. The topological polar surface area (TPSA) is 41.9 Å². The molecule has 0 aliphatic carbocycles. The van der Waals surface area contributed by atoms with Crippen LogP contribution in [0.3, 0.4) is 0 Å². The summed E-state index contributed by atoms with van der Waals surface area (Å²) in [5, 5.41) is 4.50. The molecule has 1 aliphatic heterocycles. The molecule has 1 heterocycles. The minimum absolute atomic E-state index is 0.233. The number of rotatable bonds is 2. The summed E-state index contributed by atoms with van der Waals surface area (Å²) in [6.45, 7) is 0. The number of carbonyl (C=O) groups is 1. The fraction of sp³-hybridized carbons (Fsp3) is 0.200. The third-order valence-corrected chi connectivity index (χ3v) is 2.37. The van der Waals surface area contributed by atoms with Crippen LogP contribution in [0.2, 0.25) is 5.02 Å². The van der Waals surface area contributed by atoms with Crippen LogP contribution in [0.15, 0.2) is 29.4 Å². The summed E-state index contributed by atoms with van der Waals surface area (Å²) in [6, 6.07) is 5.82. The number of anilines is 1. The molecule has 96 valence electrons. The second-order valence-corrected chi connectivity index (χ2v) is 3.80. The summed E-state index contributed by atoms with van der Waals surface area (Å²) in [6.07, 6.45) is -5.93. The molecular formula is C10H6ClF3N2O2.